The molecule has 1 N–H and O–H groups in total. The van der Waals surface area contributed by atoms with Crippen LogP contribution < -0.4 is 0 Å². The topological polar surface area (TPSA) is 40.5 Å². The monoisotopic (exact) mass is 357 g/mol. The molecule has 0 aromatic heterocycles. The maximum atomic E-state index is 13.2. The van der Waals surface area contributed by atoms with Crippen LogP contribution in [-0.4, -0.2) is 15.9 Å². The first kappa shape index (κ1) is 17.5. The number of rotatable bonds is 5. The van der Waals surface area contributed by atoms with Gasteiger partial charge in [-0.2, -0.15) is 0 Å². The zero-order chi connectivity index (χ0) is 18.9. The van der Waals surface area contributed by atoms with E-state index in [1.165, 1.54) is 0 Å². The second-order valence-electron chi connectivity index (χ2n) is 7.11. The normalized spacial score (nSPS) is 19.8. The van der Waals surface area contributed by atoms with Crippen LogP contribution in [0, 0.1) is 0 Å². The zero-order valence-corrected chi connectivity index (χ0v) is 15.4. The summed E-state index contributed by atoms with van der Waals surface area (Å²) in [6, 6.07) is 27.1. The molecular formula is C24H23NO2. The number of fused-ring (bicyclic) bond motifs is 1. The molecule has 0 spiro atoms. The molecule has 0 bridgehead atoms. The lowest BCUT2D eigenvalue weighted by Crippen LogP contribution is -2.45. The second kappa shape index (κ2) is 7.01. The van der Waals surface area contributed by atoms with Gasteiger partial charge in [0.25, 0.3) is 5.91 Å². The molecule has 1 aliphatic rings. The van der Waals surface area contributed by atoms with Crippen molar-refractivity contribution in [2.75, 3.05) is 0 Å². The molecule has 0 unspecified atom stereocenters. The Balaban J connectivity index is 1.73. The fraction of sp³-hybridized carbons (Fsp3) is 0.208. The van der Waals surface area contributed by atoms with Crippen molar-refractivity contribution >= 4 is 5.91 Å². The maximum absolute atomic E-state index is 13.2. The van der Waals surface area contributed by atoms with Crippen LogP contribution in [0.15, 0.2) is 84.9 Å². The second-order valence-corrected chi connectivity index (χ2v) is 7.11. The third-order valence-electron chi connectivity index (χ3n) is 5.48. The highest BCUT2D eigenvalue weighted by molar-refractivity contribution is 6.00. The highest BCUT2D eigenvalue weighted by Crippen LogP contribution is 2.45. The average Bonchev–Trinajstić information content (AvgIpc) is 2.95. The predicted octanol–water partition coefficient (Wildman–Crippen LogP) is 4.68. The van der Waals surface area contributed by atoms with Crippen molar-refractivity contribution in [3.05, 3.63) is 107 Å². The number of nitrogens with zero attached hydrogens (tertiary/aromatic N) is 1. The molecule has 27 heavy (non-hydrogen) atoms. The highest BCUT2D eigenvalue weighted by atomic mass is 16.3. The first-order chi connectivity index (χ1) is 13.1. The first-order valence-electron chi connectivity index (χ1n) is 9.35. The standard InChI is InChI=1S/C24H23NO2/c1-18(20-12-6-3-7-13-20)25-23(26)21-14-8-9-15-22(21)24(25,27)17-16-19-10-4-2-5-11-19/h2-15,18,27H,16-17H2,1H3/t18-,24-/m0/s1. The number of hydrogen-bond acceptors (Lipinski definition) is 2. The summed E-state index contributed by atoms with van der Waals surface area (Å²) in [6.45, 7) is 1.98. The molecule has 1 aliphatic heterocycles. The van der Waals surface area contributed by atoms with Crippen LogP contribution in [0.2, 0.25) is 0 Å². The average molecular weight is 357 g/mol. The summed E-state index contributed by atoms with van der Waals surface area (Å²) in [6.07, 6.45) is 1.15. The smallest absolute Gasteiger partial charge is 0.257 e. The van der Waals surface area contributed by atoms with E-state index in [2.05, 4.69) is 12.1 Å². The van der Waals surface area contributed by atoms with Gasteiger partial charge >= 0.3 is 0 Å². The van der Waals surface area contributed by atoms with Crippen molar-refractivity contribution in [2.45, 2.75) is 31.5 Å². The molecule has 4 rings (SSSR count). The van der Waals surface area contributed by atoms with Gasteiger partial charge in [0.05, 0.1) is 6.04 Å². The summed E-state index contributed by atoms with van der Waals surface area (Å²) >= 11 is 0. The third kappa shape index (κ3) is 3.04. The van der Waals surface area contributed by atoms with Crippen LogP contribution in [-0.2, 0) is 12.1 Å². The number of carbonyl (C=O) groups excluding carboxylic acids is 1. The number of amides is 1. The van der Waals surface area contributed by atoms with Crippen LogP contribution in [0.1, 0.15) is 46.4 Å². The number of aryl methyl sites for hydroxylation is 1. The van der Waals surface area contributed by atoms with Crippen LogP contribution in [0.3, 0.4) is 0 Å². The van der Waals surface area contributed by atoms with Crippen LogP contribution in [0.4, 0.5) is 0 Å². The summed E-state index contributed by atoms with van der Waals surface area (Å²) in [5.41, 5.74) is 2.13. The van der Waals surface area contributed by atoms with Crippen molar-refractivity contribution < 1.29 is 9.90 Å². The van der Waals surface area contributed by atoms with Gasteiger partial charge in [-0.15, -0.1) is 0 Å². The molecule has 3 aromatic rings. The van der Waals surface area contributed by atoms with E-state index in [1.807, 2.05) is 79.7 Å². The van der Waals surface area contributed by atoms with Crippen molar-refractivity contribution in [1.29, 1.82) is 0 Å². The van der Waals surface area contributed by atoms with Gasteiger partial charge in [0.15, 0.2) is 5.72 Å². The van der Waals surface area contributed by atoms with Crippen LogP contribution in [0.25, 0.3) is 0 Å². The van der Waals surface area contributed by atoms with Gasteiger partial charge in [-0.3, -0.25) is 9.69 Å². The SMILES string of the molecule is C[C@@H](c1ccccc1)N1C(=O)c2ccccc2[C@@]1(O)CCc1ccccc1. The molecule has 2 atom stereocenters. The lowest BCUT2D eigenvalue weighted by Gasteiger charge is -2.39. The Bertz CT molecular complexity index is 939. The maximum Gasteiger partial charge on any atom is 0.257 e. The molecule has 3 heteroatoms. The van der Waals surface area contributed by atoms with Crippen molar-refractivity contribution in [1.82, 2.24) is 4.90 Å². The first-order valence-corrected chi connectivity index (χ1v) is 9.35. The Kier molecular flexibility index (Phi) is 4.54. The molecule has 1 heterocycles. The molecule has 0 saturated carbocycles. The van der Waals surface area contributed by atoms with E-state index < -0.39 is 5.72 Å². The fourth-order valence-electron chi connectivity index (χ4n) is 4.04. The quantitative estimate of drug-likeness (QED) is 0.720. The summed E-state index contributed by atoms with van der Waals surface area (Å²) in [7, 11) is 0. The van der Waals surface area contributed by atoms with Gasteiger partial charge in [-0.25, -0.2) is 0 Å². The highest BCUT2D eigenvalue weighted by Gasteiger charge is 2.50. The van der Waals surface area contributed by atoms with Gasteiger partial charge in [-0.1, -0.05) is 78.9 Å². The van der Waals surface area contributed by atoms with E-state index >= 15 is 0 Å². The van der Waals surface area contributed by atoms with E-state index in [-0.39, 0.29) is 11.9 Å². The Hall–Kier alpha value is -2.91. The molecule has 0 fully saturated rings. The molecule has 136 valence electrons. The van der Waals surface area contributed by atoms with Crippen LogP contribution >= 0.6 is 0 Å². The summed E-state index contributed by atoms with van der Waals surface area (Å²) in [5, 5.41) is 11.8. The van der Waals surface area contributed by atoms with E-state index in [0.717, 1.165) is 11.1 Å². The Morgan fingerprint density at radius 2 is 1.48 bits per heavy atom. The molecule has 0 radical (unpaired) electrons. The largest absolute Gasteiger partial charge is 0.367 e. The zero-order valence-electron chi connectivity index (χ0n) is 15.4. The van der Waals surface area contributed by atoms with Gasteiger partial charge in [-0.05, 0) is 30.5 Å². The van der Waals surface area contributed by atoms with Gasteiger partial charge in [0, 0.05) is 17.5 Å². The van der Waals surface area contributed by atoms with Gasteiger partial charge in [0.1, 0.15) is 0 Å². The molecule has 3 nitrogen and oxygen atoms in total. The minimum absolute atomic E-state index is 0.113. The van der Waals surface area contributed by atoms with Crippen LogP contribution in [0.5, 0.6) is 0 Å². The van der Waals surface area contributed by atoms with Gasteiger partial charge in [0.2, 0.25) is 0 Å². The number of aliphatic hydroxyl groups is 1. The van der Waals surface area contributed by atoms with E-state index in [9.17, 15) is 9.90 Å². The number of benzene rings is 3. The lowest BCUT2D eigenvalue weighted by atomic mass is 9.93. The molecule has 3 aromatic carbocycles. The summed E-state index contributed by atoms with van der Waals surface area (Å²) in [4.78, 5) is 14.9. The lowest BCUT2D eigenvalue weighted by molar-refractivity contribution is -0.106. The van der Waals surface area contributed by atoms with Crippen molar-refractivity contribution in [3.8, 4) is 0 Å². The number of carbonyl (C=O) groups is 1. The predicted molar refractivity (Wildman–Crippen MR) is 106 cm³/mol. The van der Waals surface area contributed by atoms with Crippen molar-refractivity contribution in [3.63, 3.8) is 0 Å². The molecule has 1 amide bonds. The number of hydrogen-bond donors (Lipinski definition) is 1. The Labute approximate surface area is 159 Å². The van der Waals surface area contributed by atoms with Crippen molar-refractivity contribution in [2.24, 2.45) is 0 Å². The summed E-state index contributed by atoms with van der Waals surface area (Å²) < 4.78 is 0. The molecule has 0 saturated heterocycles. The minimum atomic E-state index is -1.32. The Morgan fingerprint density at radius 3 is 2.19 bits per heavy atom. The van der Waals surface area contributed by atoms with E-state index in [1.54, 1.807) is 4.90 Å². The Morgan fingerprint density at radius 1 is 0.889 bits per heavy atom. The summed E-state index contributed by atoms with van der Waals surface area (Å²) in [5.74, 6) is -0.113. The minimum Gasteiger partial charge on any atom is -0.367 e. The fourth-order valence-corrected chi connectivity index (χ4v) is 4.04. The molecular weight excluding hydrogens is 334 g/mol. The van der Waals surface area contributed by atoms with Gasteiger partial charge < -0.3 is 5.11 Å². The van der Waals surface area contributed by atoms with E-state index in [4.69, 9.17) is 0 Å². The van der Waals surface area contributed by atoms with E-state index in [0.29, 0.717) is 24.0 Å². The third-order valence-corrected chi connectivity index (χ3v) is 5.48. The molecule has 0 aliphatic carbocycles.